The summed E-state index contributed by atoms with van der Waals surface area (Å²) in [5, 5.41) is 4.37. The normalized spacial score (nSPS) is 19.1. The first-order valence-electron chi connectivity index (χ1n) is 5.67. The van der Waals surface area contributed by atoms with Crippen LogP contribution in [0, 0.1) is 5.82 Å². The van der Waals surface area contributed by atoms with Crippen LogP contribution in [0.3, 0.4) is 0 Å². The zero-order valence-corrected chi connectivity index (χ0v) is 9.31. The summed E-state index contributed by atoms with van der Waals surface area (Å²) in [5.74, 6) is 1.24. The van der Waals surface area contributed by atoms with Gasteiger partial charge in [-0.25, -0.2) is 14.1 Å². The van der Waals surface area contributed by atoms with Crippen molar-refractivity contribution in [3.05, 3.63) is 35.9 Å². The molecule has 0 amide bonds. The molecule has 0 saturated heterocycles. The van der Waals surface area contributed by atoms with Gasteiger partial charge < -0.3 is 5.73 Å². The molecule has 4 nitrogen and oxygen atoms in total. The molecule has 88 valence electrons. The minimum Gasteiger partial charge on any atom is -0.326 e. The Labute approximate surface area is 98.3 Å². The van der Waals surface area contributed by atoms with Crippen LogP contribution in [0.2, 0.25) is 0 Å². The SMILES string of the molecule is NC1CCc2nc(-c3cccc(F)c3)nn2C1. The van der Waals surface area contributed by atoms with Crippen LogP contribution in [0.4, 0.5) is 4.39 Å². The van der Waals surface area contributed by atoms with E-state index in [0.717, 1.165) is 18.7 Å². The van der Waals surface area contributed by atoms with Gasteiger partial charge in [0, 0.05) is 18.0 Å². The van der Waals surface area contributed by atoms with Crippen molar-refractivity contribution in [2.24, 2.45) is 5.73 Å². The Balaban J connectivity index is 2.00. The summed E-state index contributed by atoms with van der Waals surface area (Å²) in [6.45, 7) is 0.692. The van der Waals surface area contributed by atoms with Crippen molar-refractivity contribution in [3.63, 3.8) is 0 Å². The zero-order chi connectivity index (χ0) is 11.8. The van der Waals surface area contributed by atoms with E-state index in [1.165, 1.54) is 12.1 Å². The second kappa shape index (κ2) is 3.92. The van der Waals surface area contributed by atoms with Gasteiger partial charge in [0.2, 0.25) is 0 Å². The molecule has 0 saturated carbocycles. The summed E-state index contributed by atoms with van der Waals surface area (Å²) < 4.78 is 14.9. The van der Waals surface area contributed by atoms with Crippen LogP contribution in [0.5, 0.6) is 0 Å². The first-order chi connectivity index (χ1) is 8.22. The number of halogens is 1. The molecule has 0 aliphatic carbocycles. The number of hydrogen-bond acceptors (Lipinski definition) is 3. The van der Waals surface area contributed by atoms with Gasteiger partial charge in [0.1, 0.15) is 11.6 Å². The number of fused-ring (bicyclic) bond motifs is 1. The summed E-state index contributed by atoms with van der Waals surface area (Å²) in [6.07, 6.45) is 1.77. The molecule has 0 bridgehead atoms. The number of aryl methyl sites for hydroxylation is 1. The van der Waals surface area contributed by atoms with E-state index < -0.39 is 0 Å². The number of hydrogen-bond donors (Lipinski definition) is 1. The first kappa shape index (κ1) is 10.4. The fraction of sp³-hybridized carbons (Fsp3) is 0.333. The summed E-state index contributed by atoms with van der Waals surface area (Å²) >= 11 is 0. The summed E-state index contributed by atoms with van der Waals surface area (Å²) in [5.41, 5.74) is 6.58. The molecule has 2 heterocycles. The van der Waals surface area contributed by atoms with Crippen molar-refractivity contribution in [3.8, 4) is 11.4 Å². The van der Waals surface area contributed by atoms with Gasteiger partial charge in [-0.05, 0) is 18.6 Å². The van der Waals surface area contributed by atoms with Gasteiger partial charge in [-0.1, -0.05) is 12.1 Å². The summed E-state index contributed by atoms with van der Waals surface area (Å²) in [4.78, 5) is 4.43. The molecule has 1 unspecified atom stereocenters. The molecule has 5 heteroatoms. The van der Waals surface area contributed by atoms with E-state index in [-0.39, 0.29) is 11.9 Å². The van der Waals surface area contributed by atoms with Gasteiger partial charge in [0.25, 0.3) is 0 Å². The second-order valence-electron chi connectivity index (χ2n) is 4.34. The third-order valence-corrected chi connectivity index (χ3v) is 2.98. The number of benzene rings is 1. The predicted octanol–water partition coefficient (Wildman–Crippen LogP) is 1.36. The predicted molar refractivity (Wildman–Crippen MR) is 61.7 cm³/mol. The Bertz CT molecular complexity index is 549. The number of nitrogens with two attached hydrogens (primary N) is 1. The number of aromatic nitrogens is 3. The van der Waals surface area contributed by atoms with Crippen molar-refractivity contribution in [1.29, 1.82) is 0 Å². The Kier molecular flexibility index (Phi) is 2.40. The van der Waals surface area contributed by atoms with Gasteiger partial charge in [-0.3, -0.25) is 0 Å². The lowest BCUT2D eigenvalue weighted by molar-refractivity contribution is 0.422. The van der Waals surface area contributed by atoms with Crippen LogP contribution in [-0.4, -0.2) is 20.8 Å². The lowest BCUT2D eigenvalue weighted by atomic mass is 10.1. The highest BCUT2D eigenvalue weighted by molar-refractivity contribution is 5.54. The molecule has 0 radical (unpaired) electrons. The molecular weight excluding hydrogens is 219 g/mol. The Morgan fingerprint density at radius 2 is 2.29 bits per heavy atom. The molecule has 2 aromatic rings. The highest BCUT2D eigenvalue weighted by Gasteiger charge is 2.19. The fourth-order valence-corrected chi connectivity index (χ4v) is 2.08. The van der Waals surface area contributed by atoms with Crippen LogP contribution >= 0.6 is 0 Å². The fourth-order valence-electron chi connectivity index (χ4n) is 2.08. The molecule has 17 heavy (non-hydrogen) atoms. The highest BCUT2D eigenvalue weighted by Crippen LogP contribution is 2.19. The van der Waals surface area contributed by atoms with E-state index in [9.17, 15) is 4.39 Å². The number of rotatable bonds is 1. The van der Waals surface area contributed by atoms with Gasteiger partial charge >= 0.3 is 0 Å². The molecule has 1 aromatic heterocycles. The molecule has 1 aromatic carbocycles. The van der Waals surface area contributed by atoms with Crippen LogP contribution in [-0.2, 0) is 13.0 Å². The maximum atomic E-state index is 13.1. The van der Waals surface area contributed by atoms with E-state index in [1.807, 2.05) is 10.7 Å². The number of nitrogens with zero attached hydrogens (tertiary/aromatic N) is 3. The molecule has 0 spiro atoms. The van der Waals surface area contributed by atoms with Crippen molar-refractivity contribution in [1.82, 2.24) is 14.8 Å². The van der Waals surface area contributed by atoms with Crippen LogP contribution in [0.25, 0.3) is 11.4 Å². The molecular formula is C12H13FN4. The van der Waals surface area contributed by atoms with E-state index in [2.05, 4.69) is 10.1 Å². The van der Waals surface area contributed by atoms with E-state index in [1.54, 1.807) is 6.07 Å². The van der Waals surface area contributed by atoms with Crippen molar-refractivity contribution in [2.75, 3.05) is 0 Å². The van der Waals surface area contributed by atoms with Crippen molar-refractivity contribution >= 4 is 0 Å². The Morgan fingerprint density at radius 1 is 1.41 bits per heavy atom. The smallest absolute Gasteiger partial charge is 0.181 e. The lowest BCUT2D eigenvalue weighted by Gasteiger charge is -2.17. The molecule has 1 aliphatic rings. The quantitative estimate of drug-likeness (QED) is 0.807. The van der Waals surface area contributed by atoms with E-state index in [4.69, 9.17) is 5.73 Å². The van der Waals surface area contributed by atoms with Crippen LogP contribution in [0.1, 0.15) is 12.2 Å². The molecule has 1 aliphatic heterocycles. The summed E-state index contributed by atoms with van der Waals surface area (Å²) in [6, 6.07) is 6.47. The minimum absolute atomic E-state index is 0.143. The van der Waals surface area contributed by atoms with Gasteiger partial charge in [-0.2, -0.15) is 5.10 Å². The molecule has 2 N–H and O–H groups in total. The van der Waals surface area contributed by atoms with Gasteiger partial charge in [-0.15, -0.1) is 0 Å². The maximum Gasteiger partial charge on any atom is 0.181 e. The summed E-state index contributed by atoms with van der Waals surface area (Å²) in [7, 11) is 0. The second-order valence-corrected chi connectivity index (χ2v) is 4.34. The van der Waals surface area contributed by atoms with Crippen molar-refractivity contribution in [2.45, 2.75) is 25.4 Å². The third kappa shape index (κ3) is 1.93. The van der Waals surface area contributed by atoms with Crippen LogP contribution in [0.15, 0.2) is 24.3 Å². The average molecular weight is 232 g/mol. The highest BCUT2D eigenvalue weighted by atomic mass is 19.1. The van der Waals surface area contributed by atoms with E-state index in [0.29, 0.717) is 17.9 Å². The Morgan fingerprint density at radius 3 is 3.12 bits per heavy atom. The largest absolute Gasteiger partial charge is 0.326 e. The standard InChI is InChI=1S/C12H13FN4/c13-9-3-1-2-8(6-9)12-15-11-5-4-10(14)7-17(11)16-12/h1-3,6,10H,4-5,7,14H2. The third-order valence-electron chi connectivity index (χ3n) is 2.98. The van der Waals surface area contributed by atoms with Gasteiger partial charge in [0.05, 0.1) is 6.54 Å². The molecule has 3 rings (SSSR count). The molecule has 1 atom stereocenters. The van der Waals surface area contributed by atoms with Gasteiger partial charge in [0.15, 0.2) is 5.82 Å². The lowest BCUT2D eigenvalue weighted by Crippen LogP contribution is -2.32. The minimum atomic E-state index is -0.271. The maximum absolute atomic E-state index is 13.1. The Hall–Kier alpha value is -1.75. The van der Waals surface area contributed by atoms with Crippen molar-refractivity contribution < 1.29 is 4.39 Å². The van der Waals surface area contributed by atoms with E-state index >= 15 is 0 Å². The zero-order valence-electron chi connectivity index (χ0n) is 9.31. The average Bonchev–Trinajstić information content (AvgIpc) is 2.72. The first-order valence-corrected chi connectivity index (χ1v) is 5.67. The van der Waals surface area contributed by atoms with Crippen LogP contribution < -0.4 is 5.73 Å². The topological polar surface area (TPSA) is 56.7 Å². The monoisotopic (exact) mass is 232 g/mol. The molecule has 0 fully saturated rings.